The summed E-state index contributed by atoms with van der Waals surface area (Å²) in [5.41, 5.74) is 2.82. The monoisotopic (exact) mass is 177 g/mol. The van der Waals surface area contributed by atoms with E-state index >= 15 is 0 Å². The Morgan fingerprint density at radius 1 is 1.23 bits per heavy atom. The molecule has 1 nitrogen and oxygen atoms in total. The first-order valence-corrected chi connectivity index (χ1v) is 5.08. The molecule has 0 aliphatic rings. The van der Waals surface area contributed by atoms with E-state index in [4.69, 9.17) is 0 Å². The molecular weight excluding hydrogens is 158 g/mol. The number of nitrogens with one attached hydrogen (secondary N) is 1. The van der Waals surface area contributed by atoms with Gasteiger partial charge in [0.25, 0.3) is 0 Å². The first kappa shape index (κ1) is 10.3. The molecule has 0 radical (unpaired) electrons. The SMILES string of the molecule is CCNC(CC)c1ccccc1C. The van der Waals surface area contributed by atoms with E-state index in [1.165, 1.54) is 11.1 Å². The van der Waals surface area contributed by atoms with Gasteiger partial charge in [0.2, 0.25) is 0 Å². The lowest BCUT2D eigenvalue weighted by atomic mass is 9.99. The Hall–Kier alpha value is -0.820. The molecule has 0 saturated heterocycles. The smallest absolute Gasteiger partial charge is 0.0320 e. The van der Waals surface area contributed by atoms with Crippen molar-refractivity contribution < 1.29 is 0 Å². The topological polar surface area (TPSA) is 12.0 Å². The van der Waals surface area contributed by atoms with Crippen LogP contribution in [0.25, 0.3) is 0 Å². The minimum Gasteiger partial charge on any atom is -0.310 e. The maximum Gasteiger partial charge on any atom is 0.0320 e. The number of hydrogen-bond donors (Lipinski definition) is 1. The van der Waals surface area contributed by atoms with E-state index in [1.807, 2.05) is 0 Å². The van der Waals surface area contributed by atoms with Gasteiger partial charge in [0.05, 0.1) is 0 Å². The average molecular weight is 177 g/mol. The molecular formula is C12H19N. The van der Waals surface area contributed by atoms with Crippen molar-refractivity contribution in [1.82, 2.24) is 5.32 Å². The average Bonchev–Trinajstić information content (AvgIpc) is 2.16. The van der Waals surface area contributed by atoms with Gasteiger partial charge in [-0.25, -0.2) is 0 Å². The Morgan fingerprint density at radius 2 is 1.92 bits per heavy atom. The molecule has 1 rings (SSSR count). The van der Waals surface area contributed by atoms with E-state index in [2.05, 4.69) is 50.4 Å². The van der Waals surface area contributed by atoms with Gasteiger partial charge in [-0.15, -0.1) is 0 Å². The molecule has 0 aliphatic carbocycles. The van der Waals surface area contributed by atoms with Crippen molar-refractivity contribution >= 4 is 0 Å². The fraction of sp³-hybridized carbons (Fsp3) is 0.500. The highest BCUT2D eigenvalue weighted by Gasteiger charge is 2.08. The lowest BCUT2D eigenvalue weighted by Crippen LogP contribution is -2.20. The zero-order chi connectivity index (χ0) is 9.68. The normalized spacial score (nSPS) is 12.8. The van der Waals surface area contributed by atoms with Crippen molar-refractivity contribution in [2.24, 2.45) is 0 Å². The molecule has 0 saturated carbocycles. The van der Waals surface area contributed by atoms with Crippen LogP contribution < -0.4 is 5.32 Å². The fourth-order valence-corrected chi connectivity index (χ4v) is 1.70. The van der Waals surface area contributed by atoms with Gasteiger partial charge in [-0.3, -0.25) is 0 Å². The molecule has 0 spiro atoms. The van der Waals surface area contributed by atoms with Crippen molar-refractivity contribution in [2.75, 3.05) is 6.54 Å². The summed E-state index contributed by atoms with van der Waals surface area (Å²) in [5.74, 6) is 0. The van der Waals surface area contributed by atoms with E-state index in [0.29, 0.717) is 6.04 Å². The van der Waals surface area contributed by atoms with Crippen LogP contribution in [-0.4, -0.2) is 6.54 Å². The summed E-state index contributed by atoms with van der Waals surface area (Å²) in [5, 5.41) is 3.49. The van der Waals surface area contributed by atoms with Crippen LogP contribution in [-0.2, 0) is 0 Å². The Labute approximate surface area is 81.2 Å². The number of hydrogen-bond acceptors (Lipinski definition) is 1. The third kappa shape index (κ3) is 2.56. The lowest BCUT2D eigenvalue weighted by molar-refractivity contribution is 0.535. The fourth-order valence-electron chi connectivity index (χ4n) is 1.70. The summed E-state index contributed by atoms with van der Waals surface area (Å²) >= 11 is 0. The third-order valence-corrected chi connectivity index (χ3v) is 2.42. The molecule has 13 heavy (non-hydrogen) atoms. The van der Waals surface area contributed by atoms with Gasteiger partial charge < -0.3 is 5.32 Å². The Bertz CT molecular complexity index is 255. The largest absolute Gasteiger partial charge is 0.310 e. The molecule has 0 heterocycles. The molecule has 1 aromatic rings. The van der Waals surface area contributed by atoms with Crippen LogP contribution in [0.5, 0.6) is 0 Å². The van der Waals surface area contributed by atoms with Crippen LogP contribution in [0.1, 0.15) is 37.4 Å². The first-order valence-electron chi connectivity index (χ1n) is 5.08. The summed E-state index contributed by atoms with van der Waals surface area (Å²) in [4.78, 5) is 0. The Balaban J connectivity index is 2.84. The number of rotatable bonds is 4. The van der Waals surface area contributed by atoms with E-state index in [0.717, 1.165) is 13.0 Å². The predicted molar refractivity (Wildman–Crippen MR) is 57.9 cm³/mol. The van der Waals surface area contributed by atoms with Gasteiger partial charge in [-0.2, -0.15) is 0 Å². The standard InChI is InChI=1S/C12H19N/c1-4-12(13-5-2)11-9-7-6-8-10(11)3/h6-9,12-13H,4-5H2,1-3H3. The van der Waals surface area contributed by atoms with Crippen LogP contribution in [0.2, 0.25) is 0 Å². The summed E-state index contributed by atoms with van der Waals surface area (Å²) in [6, 6.07) is 9.12. The van der Waals surface area contributed by atoms with Crippen LogP contribution in [0.15, 0.2) is 24.3 Å². The van der Waals surface area contributed by atoms with E-state index < -0.39 is 0 Å². The van der Waals surface area contributed by atoms with E-state index in [9.17, 15) is 0 Å². The minimum absolute atomic E-state index is 0.520. The number of benzene rings is 1. The van der Waals surface area contributed by atoms with Gasteiger partial charge in [0.1, 0.15) is 0 Å². The van der Waals surface area contributed by atoms with Crippen LogP contribution >= 0.6 is 0 Å². The minimum atomic E-state index is 0.520. The zero-order valence-electron chi connectivity index (χ0n) is 8.80. The quantitative estimate of drug-likeness (QED) is 0.745. The molecule has 1 atom stereocenters. The van der Waals surface area contributed by atoms with Gasteiger partial charge in [0, 0.05) is 6.04 Å². The summed E-state index contributed by atoms with van der Waals surface area (Å²) in [7, 11) is 0. The predicted octanol–water partition coefficient (Wildman–Crippen LogP) is 3.06. The molecule has 1 aromatic carbocycles. The van der Waals surface area contributed by atoms with Crippen molar-refractivity contribution in [3.63, 3.8) is 0 Å². The summed E-state index contributed by atoms with van der Waals surface area (Å²) in [6.45, 7) is 7.59. The van der Waals surface area contributed by atoms with Crippen LogP contribution in [0, 0.1) is 6.92 Å². The highest BCUT2D eigenvalue weighted by atomic mass is 14.9. The van der Waals surface area contributed by atoms with E-state index in [1.54, 1.807) is 0 Å². The van der Waals surface area contributed by atoms with Gasteiger partial charge >= 0.3 is 0 Å². The van der Waals surface area contributed by atoms with Crippen LogP contribution in [0.3, 0.4) is 0 Å². The summed E-state index contributed by atoms with van der Waals surface area (Å²) in [6.07, 6.45) is 1.15. The van der Waals surface area contributed by atoms with E-state index in [-0.39, 0.29) is 0 Å². The van der Waals surface area contributed by atoms with Gasteiger partial charge in [0.15, 0.2) is 0 Å². The van der Waals surface area contributed by atoms with Crippen LogP contribution in [0.4, 0.5) is 0 Å². The molecule has 1 heteroatoms. The molecule has 0 aromatic heterocycles. The van der Waals surface area contributed by atoms with Gasteiger partial charge in [-0.05, 0) is 31.0 Å². The zero-order valence-corrected chi connectivity index (χ0v) is 8.80. The second kappa shape index (κ2) is 5.03. The third-order valence-electron chi connectivity index (χ3n) is 2.42. The molecule has 0 amide bonds. The Kier molecular flexibility index (Phi) is 3.97. The van der Waals surface area contributed by atoms with Crippen molar-refractivity contribution in [2.45, 2.75) is 33.2 Å². The molecule has 72 valence electrons. The second-order valence-electron chi connectivity index (χ2n) is 3.38. The molecule has 0 fully saturated rings. The van der Waals surface area contributed by atoms with Crippen molar-refractivity contribution in [1.29, 1.82) is 0 Å². The highest BCUT2D eigenvalue weighted by molar-refractivity contribution is 5.28. The Morgan fingerprint density at radius 3 is 2.46 bits per heavy atom. The van der Waals surface area contributed by atoms with Gasteiger partial charge in [-0.1, -0.05) is 38.1 Å². The van der Waals surface area contributed by atoms with Crippen molar-refractivity contribution in [3.05, 3.63) is 35.4 Å². The molecule has 1 unspecified atom stereocenters. The molecule has 0 bridgehead atoms. The summed E-state index contributed by atoms with van der Waals surface area (Å²) < 4.78 is 0. The lowest BCUT2D eigenvalue weighted by Gasteiger charge is -2.18. The first-order chi connectivity index (χ1) is 6.29. The molecule has 0 aliphatic heterocycles. The maximum absolute atomic E-state index is 3.49. The van der Waals surface area contributed by atoms with Crippen molar-refractivity contribution in [3.8, 4) is 0 Å². The maximum atomic E-state index is 3.49. The second-order valence-corrected chi connectivity index (χ2v) is 3.38. The molecule has 1 N–H and O–H groups in total. The highest BCUT2D eigenvalue weighted by Crippen LogP contribution is 2.19. The number of aryl methyl sites for hydroxylation is 1.